The summed E-state index contributed by atoms with van der Waals surface area (Å²) < 4.78 is 5.00. The van der Waals surface area contributed by atoms with Crippen LogP contribution in [0.4, 0.5) is 5.69 Å². The van der Waals surface area contributed by atoms with Crippen LogP contribution in [-0.2, 0) is 4.79 Å². The number of benzene rings is 2. The number of hydrogen-bond acceptors (Lipinski definition) is 5. The van der Waals surface area contributed by atoms with E-state index in [0.29, 0.717) is 10.6 Å². The van der Waals surface area contributed by atoms with E-state index in [1.807, 2.05) is 31.2 Å². The van der Waals surface area contributed by atoms with Gasteiger partial charge in [-0.05, 0) is 25.1 Å². The van der Waals surface area contributed by atoms with Crippen molar-refractivity contribution in [2.75, 3.05) is 19.0 Å². The first-order valence-electron chi connectivity index (χ1n) is 7.18. The largest absolute Gasteiger partial charge is 0.504 e. The van der Waals surface area contributed by atoms with Crippen LogP contribution in [0.1, 0.15) is 11.1 Å². The van der Waals surface area contributed by atoms with Crippen molar-refractivity contribution < 1.29 is 14.6 Å². The first kappa shape index (κ1) is 17.6. The van der Waals surface area contributed by atoms with E-state index in [1.54, 1.807) is 0 Å². The summed E-state index contributed by atoms with van der Waals surface area (Å²) >= 11 is 5.92. The van der Waals surface area contributed by atoms with Crippen molar-refractivity contribution in [3.05, 3.63) is 52.5 Å². The van der Waals surface area contributed by atoms with E-state index in [9.17, 15) is 9.90 Å². The number of halogens is 1. The molecule has 0 aliphatic heterocycles. The summed E-state index contributed by atoms with van der Waals surface area (Å²) in [6.07, 6.45) is 1.30. The van der Waals surface area contributed by atoms with E-state index in [1.165, 1.54) is 25.5 Å². The maximum atomic E-state index is 11.7. The van der Waals surface area contributed by atoms with Crippen LogP contribution in [-0.4, -0.2) is 30.9 Å². The van der Waals surface area contributed by atoms with Gasteiger partial charge < -0.3 is 15.2 Å². The number of anilines is 1. The third kappa shape index (κ3) is 4.89. The Balaban J connectivity index is 1.90. The van der Waals surface area contributed by atoms with Crippen molar-refractivity contribution in [1.29, 1.82) is 0 Å². The van der Waals surface area contributed by atoms with E-state index in [-0.39, 0.29) is 24.0 Å². The summed E-state index contributed by atoms with van der Waals surface area (Å²) in [4.78, 5) is 11.7. The van der Waals surface area contributed by atoms with Crippen LogP contribution in [0.2, 0.25) is 5.02 Å². The molecular formula is C17H18ClN3O3. The second kappa shape index (κ2) is 8.21. The predicted octanol–water partition coefficient (Wildman–Crippen LogP) is 2.92. The molecule has 0 saturated carbocycles. The van der Waals surface area contributed by atoms with Crippen molar-refractivity contribution >= 4 is 29.4 Å². The first-order chi connectivity index (χ1) is 11.5. The normalized spacial score (nSPS) is 10.6. The number of aromatic hydroxyl groups is 1. The highest BCUT2D eigenvalue weighted by Gasteiger charge is 2.08. The molecule has 0 saturated heterocycles. The minimum Gasteiger partial charge on any atom is -0.504 e. The zero-order chi connectivity index (χ0) is 17.5. The summed E-state index contributed by atoms with van der Waals surface area (Å²) in [5.41, 5.74) is 4.70. The lowest BCUT2D eigenvalue weighted by Gasteiger charge is -2.07. The molecule has 0 aliphatic carbocycles. The summed E-state index contributed by atoms with van der Waals surface area (Å²) in [6.45, 7) is 2.07. The highest BCUT2D eigenvalue weighted by atomic mass is 35.5. The molecule has 0 heterocycles. The van der Waals surface area contributed by atoms with Gasteiger partial charge in [0.1, 0.15) is 0 Å². The number of hydrazone groups is 1. The van der Waals surface area contributed by atoms with Gasteiger partial charge in [-0.15, -0.1) is 0 Å². The standard InChI is InChI=1S/C17H18ClN3O3/c1-11-3-5-14(6-4-11)19-10-16(22)21-20-9-12-7-13(18)8-15(24-2)17(12)23/h3-9,19,23H,10H2,1-2H3,(H,21,22). The molecule has 126 valence electrons. The molecule has 3 N–H and O–H groups in total. The van der Waals surface area contributed by atoms with Crippen molar-refractivity contribution in [1.82, 2.24) is 5.43 Å². The molecule has 0 fully saturated rings. The average Bonchev–Trinajstić information content (AvgIpc) is 2.57. The smallest absolute Gasteiger partial charge is 0.259 e. The number of hydrogen-bond donors (Lipinski definition) is 3. The lowest BCUT2D eigenvalue weighted by atomic mass is 10.2. The maximum Gasteiger partial charge on any atom is 0.259 e. The van der Waals surface area contributed by atoms with E-state index < -0.39 is 0 Å². The number of nitrogens with zero attached hydrogens (tertiary/aromatic N) is 1. The van der Waals surface area contributed by atoms with Gasteiger partial charge in [0.05, 0.1) is 19.9 Å². The van der Waals surface area contributed by atoms with Gasteiger partial charge in [-0.1, -0.05) is 29.3 Å². The van der Waals surface area contributed by atoms with Crippen molar-refractivity contribution in [3.63, 3.8) is 0 Å². The SMILES string of the molecule is COc1cc(Cl)cc(C=NNC(=O)CNc2ccc(C)cc2)c1O. The molecule has 1 amide bonds. The van der Waals surface area contributed by atoms with Gasteiger partial charge in [0.25, 0.3) is 5.91 Å². The van der Waals surface area contributed by atoms with Gasteiger partial charge >= 0.3 is 0 Å². The number of nitrogens with one attached hydrogen (secondary N) is 2. The lowest BCUT2D eigenvalue weighted by Crippen LogP contribution is -2.25. The number of aryl methyl sites for hydroxylation is 1. The Hall–Kier alpha value is -2.73. The Bertz CT molecular complexity index is 745. The Kier molecular flexibility index (Phi) is 6.03. The molecule has 6 nitrogen and oxygen atoms in total. The van der Waals surface area contributed by atoms with Crippen LogP contribution >= 0.6 is 11.6 Å². The fraction of sp³-hybridized carbons (Fsp3) is 0.176. The van der Waals surface area contributed by atoms with Gasteiger partial charge in [-0.2, -0.15) is 5.10 Å². The van der Waals surface area contributed by atoms with Crippen LogP contribution in [0.3, 0.4) is 0 Å². The number of phenols is 1. The lowest BCUT2D eigenvalue weighted by molar-refractivity contribution is -0.119. The number of methoxy groups -OCH3 is 1. The van der Waals surface area contributed by atoms with Crippen molar-refractivity contribution in [3.8, 4) is 11.5 Å². The van der Waals surface area contributed by atoms with Crippen LogP contribution < -0.4 is 15.5 Å². The van der Waals surface area contributed by atoms with Crippen LogP contribution in [0.25, 0.3) is 0 Å². The molecule has 2 aromatic carbocycles. The average molecular weight is 348 g/mol. The second-order valence-electron chi connectivity index (χ2n) is 5.06. The fourth-order valence-corrected chi connectivity index (χ4v) is 2.13. The third-order valence-electron chi connectivity index (χ3n) is 3.19. The fourth-order valence-electron chi connectivity index (χ4n) is 1.92. The Morgan fingerprint density at radius 2 is 2.04 bits per heavy atom. The van der Waals surface area contributed by atoms with Gasteiger partial charge in [-0.25, -0.2) is 5.43 Å². The molecule has 24 heavy (non-hydrogen) atoms. The highest BCUT2D eigenvalue weighted by Crippen LogP contribution is 2.32. The van der Waals surface area contributed by atoms with Gasteiger partial charge in [0.15, 0.2) is 11.5 Å². The van der Waals surface area contributed by atoms with Crippen molar-refractivity contribution in [2.45, 2.75) is 6.92 Å². The molecular weight excluding hydrogens is 330 g/mol. The summed E-state index contributed by atoms with van der Waals surface area (Å²) in [6, 6.07) is 10.7. The Morgan fingerprint density at radius 3 is 2.71 bits per heavy atom. The minimum absolute atomic E-state index is 0.0747. The van der Waals surface area contributed by atoms with Gasteiger partial charge in [-0.3, -0.25) is 4.79 Å². The zero-order valence-corrected chi connectivity index (χ0v) is 14.1. The zero-order valence-electron chi connectivity index (χ0n) is 13.3. The molecule has 0 aromatic heterocycles. The molecule has 0 unspecified atom stereocenters. The van der Waals surface area contributed by atoms with E-state index in [2.05, 4.69) is 15.8 Å². The molecule has 0 radical (unpaired) electrons. The molecule has 0 atom stereocenters. The maximum absolute atomic E-state index is 11.7. The molecule has 7 heteroatoms. The number of amides is 1. The summed E-state index contributed by atoms with van der Waals surface area (Å²) in [7, 11) is 1.42. The van der Waals surface area contributed by atoms with Gasteiger partial charge in [0.2, 0.25) is 0 Å². The molecule has 0 spiro atoms. The molecule has 0 bridgehead atoms. The molecule has 2 aromatic rings. The second-order valence-corrected chi connectivity index (χ2v) is 5.50. The third-order valence-corrected chi connectivity index (χ3v) is 3.40. The number of carbonyl (C=O) groups is 1. The van der Waals surface area contributed by atoms with E-state index in [4.69, 9.17) is 16.3 Å². The number of rotatable bonds is 6. The summed E-state index contributed by atoms with van der Waals surface area (Å²) in [5.74, 6) is -0.186. The quantitative estimate of drug-likeness (QED) is 0.554. The molecule has 2 rings (SSSR count). The van der Waals surface area contributed by atoms with Gasteiger partial charge in [0, 0.05) is 22.3 Å². The number of carbonyl (C=O) groups excluding carboxylic acids is 1. The van der Waals surface area contributed by atoms with E-state index in [0.717, 1.165) is 11.3 Å². The summed E-state index contributed by atoms with van der Waals surface area (Å²) in [5, 5.41) is 17.1. The highest BCUT2D eigenvalue weighted by molar-refractivity contribution is 6.31. The minimum atomic E-state index is -0.319. The van der Waals surface area contributed by atoms with Crippen molar-refractivity contribution in [2.24, 2.45) is 5.10 Å². The predicted molar refractivity (Wildman–Crippen MR) is 95.1 cm³/mol. The number of ether oxygens (including phenoxy) is 1. The van der Waals surface area contributed by atoms with E-state index >= 15 is 0 Å². The Labute approximate surface area is 145 Å². The number of phenolic OH excluding ortho intramolecular Hbond substituents is 1. The van der Waals surface area contributed by atoms with Crippen LogP contribution in [0.15, 0.2) is 41.5 Å². The Morgan fingerprint density at radius 1 is 1.33 bits per heavy atom. The monoisotopic (exact) mass is 347 g/mol. The molecule has 0 aliphatic rings. The van der Waals surface area contributed by atoms with Crippen LogP contribution in [0, 0.1) is 6.92 Å². The van der Waals surface area contributed by atoms with Crippen LogP contribution in [0.5, 0.6) is 11.5 Å². The topological polar surface area (TPSA) is 83.0 Å². The first-order valence-corrected chi connectivity index (χ1v) is 7.56.